The van der Waals surface area contributed by atoms with E-state index in [9.17, 15) is 18.4 Å². The summed E-state index contributed by atoms with van der Waals surface area (Å²) in [5.74, 6) is -0.000250. The van der Waals surface area contributed by atoms with Crippen molar-refractivity contribution in [3.05, 3.63) is 23.9 Å². The fourth-order valence-electron chi connectivity index (χ4n) is 3.64. The minimum absolute atomic E-state index is 0.107. The second kappa shape index (κ2) is 9.61. The zero-order chi connectivity index (χ0) is 21.0. The maximum absolute atomic E-state index is 12.8. The third kappa shape index (κ3) is 6.05. The van der Waals surface area contributed by atoms with Crippen molar-refractivity contribution in [2.45, 2.75) is 62.1 Å². The van der Waals surface area contributed by atoms with Gasteiger partial charge in [0.1, 0.15) is 17.1 Å². The van der Waals surface area contributed by atoms with Crippen molar-refractivity contribution >= 4 is 28.6 Å². The lowest BCUT2D eigenvalue weighted by Crippen LogP contribution is -2.44. The van der Waals surface area contributed by atoms with Crippen molar-refractivity contribution in [2.24, 2.45) is 0 Å². The molecule has 1 amide bonds. The molecule has 1 saturated carbocycles. The van der Waals surface area contributed by atoms with Crippen LogP contribution in [-0.2, 0) is 14.8 Å². The molecule has 2 unspecified atom stereocenters. The van der Waals surface area contributed by atoms with Gasteiger partial charge in [-0.1, -0.05) is 4.47 Å². The van der Waals surface area contributed by atoms with E-state index >= 15 is 0 Å². The topological polar surface area (TPSA) is 118 Å². The molecule has 2 aliphatic rings. The van der Waals surface area contributed by atoms with Crippen molar-refractivity contribution in [3.8, 4) is 5.88 Å². The number of nitrogens with zero attached hydrogens (tertiary/aromatic N) is 2. The SMILES string of the molecule is CS(=O)(=O)N(O)C1CCC(NC(=O)c2cccnc2OC2CCOC(S)C2)CC1. The first-order valence-corrected chi connectivity index (χ1v) is 12.0. The monoisotopic (exact) mass is 445 g/mol. The van der Waals surface area contributed by atoms with Gasteiger partial charge in [0.15, 0.2) is 0 Å². The smallest absolute Gasteiger partial charge is 0.256 e. The third-order valence-electron chi connectivity index (χ3n) is 5.19. The number of carbonyl (C=O) groups is 1. The van der Waals surface area contributed by atoms with Crippen LogP contribution in [0.5, 0.6) is 5.88 Å². The summed E-state index contributed by atoms with van der Waals surface area (Å²) in [5.41, 5.74) is 0.166. The number of rotatable bonds is 6. The zero-order valence-corrected chi connectivity index (χ0v) is 17.9. The van der Waals surface area contributed by atoms with Gasteiger partial charge < -0.3 is 14.8 Å². The van der Waals surface area contributed by atoms with Gasteiger partial charge in [0.25, 0.3) is 5.91 Å². The Labute approximate surface area is 176 Å². The molecule has 1 saturated heterocycles. The molecule has 162 valence electrons. The highest BCUT2D eigenvalue weighted by Crippen LogP contribution is 2.26. The number of pyridine rings is 1. The zero-order valence-electron chi connectivity index (χ0n) is 16.2. The van der Waals surface area contributed by atoms with E-state index in [1.54, 1.807) is 18.3 Å². The van der Waals surface area contributed by atoms with E-state index < -0.39 is 16.1 Å². The van der Waals surface area contributed by atoms with E-state index in [1.165, 1.54) is 0 Å². The summed E-state index contributed by atoms with van der Waals surface area (Å²) in [7, 11) is -3.65. The van der Waals surface area contributed by atoms with Gasteiger partial charge >= 0.3 is 0 Å². The molecule has 9 nitrogen and oxygen atoms in total. The highest BCUT2D eigenvalue weighted by molar-refractivity contribution is 7.88. The Bertz CT molecular complexity index is 814. The number of amides is 1. The largest absolute Gasteiger partial charge is 0.474 e. The summed E-state index contributed by atoms with van der Waals surface area (Å²) in [6.45, 7) is 0.547. The number of hydrogen-bond acceptors (Lipinski definition) is 8. The number of aromatic nitrogens is 1. The lowest BCUT2D eigenvalue weighted by atomic mass is 9.91. The second-order valence-electron chi connectivity index (χ2n) is 7.46. The van der Waals surface area contributed by atoms with Crippen molar-refractivity contribution < 1.29 is 27.9 Å². The predicted octanol–water partition coefficient (Wildman–Crippen LogP) is 1.59. The van der Waals surface area contributed by atoms with E-state index in [1.807, 2.05) is 0 Å². The Morgan fingerprint density at radius 2 is 2.07 bits per heavy atom. The molecule has 2 atom stereocenters. The average molecular weight is 446 g/mol. The fraction of sp³-hybridized carbons (Fsp3) is 0.667. The van der Waals surface area contributed by atoms with Crippen LogP contribution in [0.1, 0.15) is 48.9 Å². The summed E-state index contributed by atoms with van der Waals surface area (Å²) < 4.78 is 34.7. The van der Waals surface area contributed by atoms with Gasteiger partial charge in [0.05, 0.1) is 18.9 Å². The summed E-state index contributed by atoms with van der Waals surface area (Å²) in [6.07, 6.45) is 5.83. The van der Waals surface area contributed by atoms with Gasteiger partial charge in [-0.05, 0) is 37.8 Å². The molecular weight excluding hydrogens is 418 g/mol. The third-order valence-corrected chi connectivity index (χ3v) is 6.53. The molecule has 29 heavy (non-hydrogen) atoms. The van der Waals surface area contributed by atoms with E-state index in [2.05, 4.69) is 22.9 Å². The molecule has 3 rings (SSSR count). The number of hydroxylamine groups is 1. The molecule has 0 radical (unpaired) electrons. The maximum atomic E-state index is 12.8. The van der Waals surface area contributed by atoms with Crippen molar-refractivity contribution in [1.29, 1.82) is 0 Å². The molecule has 11 heteroatoms. The highest BCUT2D eigenvalue weighted by atomic mass is 32.2. The second-order valence-corrected chi connectivity index (χ2v) is 9.88. The first kappa shape index (κ1) is 22.3. The first-order valence-electron chi connectivity index (χ1n) is 9.64. The van der Waals surface area contributed by atoms with Crippen LogP contribution in [0.15, 0.2) is 18.3 Å². The van der Waals surface area contributed by atoms with Crippen LogP contribution in [0.2, 0.25) is 0 Å². The summed E-state index contributed by atoms with van der Waals surface area (Å²) in [6, 6.07) is 2.78. The molecule has 1 aromatic heterocycles. The lowest BCUT2D eigenvalue weighted by Gasteiger charge is -2.32. The average Bonchev–Trinajstić information content (AvgIpc) is 2.68. The predicted molar refractivity (Wildman–Crippen MR) is 109 cm³/mol. The molecule has 1 aliphatic heterocycles. The van der Waals surface area contributed by atoms with Crippen molar-refractivity contribution in [1.82, 2.24) is 14.8 Å². The minimum atomic E-state index is -3.65. The van der Waals surface area contributed by atoms with Gasteiger partial charge in [0, 0.05) is 25.1 Å². The first-order chi connectivity index (χ1) is 13.7. The number of sulfonamides is 1. The number of hydrogen-bond donors (Lipinski definition) is 3. The summed E-state index contributed by atoms with van der Waals surface area (Å²) in [4.78, 5) is 17.0. The van der Waals surface area contributed by atoms with Crippen LogP contribution in [0.4, 0.5) is 0 Å². The molecule has 0 spiro atoms. The molecule has 2 heterocycles. The van der Waals surface area contributed by atoms with Crippen LogP contribution in [0, 0.1) is 0 Å². The quantitative estimate of drug-likeness (QED) is 0.449. The van der Waals surface area contributed by atoms with Crippen molar-refractivity contribution in [3.63, 3.8) is 0 Å². The van der Waals surface area contributed by atoms with Crippen LogP contribution in [-0.4, -0.2) is 65.5 Å². The number of carbonyl (C=O) groups excluding carboxylic acids is 1. The molecule has 1 aromatic rings. The van der Waals surface area contributed by atoms with Crippen LogP contribution in [0.25, 0.3) is 0 Å². The van der Waals surface area contributed by atoms with Crippen molar-refractivity contribution in [2.75, 3.05) is 12.9 Å². The molecule has 2 fully saturated rings. The Hall–Kier alpha value is -1.40. The minimum Gasteiger partial charge on any atom is -0.474 e. The van der Waals surface area contributed by atoms with Gasteiger partial charge in [-0.25, -0.2) is 13.4 Å². The molecule has 0 aromatic carbocycles. The van der Waals surface area contributed by atoms with Gasteiger partial charge in [-0.3, -0.25) is 10.0 Å². The van der Waals surface area contributed by atoms with E-state index in [0.29, 0.717) is 55.2 Å². The van der Waals surface area contributed by atoms with Crippen LogP contribution >= 0.6 is 12.6 Å². The van der Waals surface area contributed by atoms with E-state index in [-0.39, 0.29) is 29.4 Å². The number of thiol groups is 1. The molecule has 2 N–H and O–H groups in total. The summed E-state index contributed by atoms with van der Waals surface area (Å²) in [5, 5.41) is 12.8. The molecular formula is C18H27N3O6S2. The lowest BCUT2D eigenvalue weighted by molar-refractivity contribution is -0.0479. The van der Waals surface area contributed by atoms with Gasteiger partial charge in [-0.15, -0.1) is 12.6 Å². The molecule has 1 aliphatic carbocycles. The fourth-order valence-corrected chi connectivity index (χ4v) is 4.74. The van der Waals surface area contributed by atoms with E-state index in [4.69, 9.17) is 9.47 Å². The van der Waals surface area contributed by atoms with Gasteiger partial charge in [-0.2, -0.15) is 0 Å². The van der Waals surface area contributed by atoms with E-state index in [0.717, 1.165) is 6.26 Å². The number of nitrogens with one attached hydrogen (secondary N) is 1. The Morgan fingerprint density at radius 1 is 1.34 bits per heavy atom. The van der Waals surface area contributed by atoms with Crippen LogP contribution < -0.4 is 10.1 Å². The highest BCUT2D eigenvalue weighted by Gasteiger charge is 2.31. The normalized spacial score (nSPS) is 28.1. The Morgan fingerprint density at radius 3 is 2.72 bits per heavy atom. The summed E-state index contributed by atoms with van der Waals surface area (Å²) >= 11 is 4.32. The standard InChI is InChI=1S/C18H27N3O6S2/c1-29(24,25)21(23)13-6-4-12(5-7-13)20-17(22)15-3-2-9-19-18(15)27-14-8-10-26-16(28)11-14/h2-3,9,12-14,16,23,28H,4-8,10-11H2,1H3,(H,20,22). The Kier molecular flexibility index (Phi) is 7.38. The molecule has 0 bridgehead atoms. The number of ether oxygens (including phenoxy) is 2. The van der Waals surface area contributed by atoms with Crippen LogP contribution in [0.3, 0.4) is 0 Å². The Balaban J connectivity index is 1.58. The maximum Gasteiger partial charge on any atom is 0.256 e. The van der Waals surface area contributed by atoms with Gasteiger partial charge in [0.2, 0.25) is 15.9 Å².